The molecule has 0 fully saturated rings. The van der Waals surface area contributed by atoms with E-state index in [0.717, 1.165) is 22.6 Å². The van der Waals surface area contributed by atoms with Crippen molar-refractivity contribution in [1.82, 2.24) is 10.9 Å². The molecule has 0 radical (unpaired) electrons. The van der Waals surface area contributed by atoms with Crippen molar-refractivity contribution in [3.63, 3.8) is 0 Å². The topological polar surface area (TPSA) is 53.5 Å². The zero-order chi connectivity index (χ0) is 12.8. The van der Waals surface area contributed by atoms with Crippen LogP contribution in [0.4, 0.5) is 0 Å². The van der Waals surface area contributed by atoms with E-state index >= 15 is 0 Å². The molecular weight excluding hydrogens is 314 g/mol. The third-order valence-electron chi connectivity index (χ3n) is 2.41. The molecule has 96 valence electrons. The van der Waals surface area contributed by atoms with Gasteiger partial charge in [0.25, 0.3) is 0 Å². The third kappa shape index (κ3) is 4.03. The summed E-state index contributed by atoms with van der Waals surface area (Å²) in [6.07, 6.45) is 0.369. The Bertz CT molecular complexity index is 438. The number of hydrogen-bond donors (Lipinski definition) is 2. The minimum absolute atomic E-state index is 0.0632. The van der Waals surface area contributed by atoms with E-state index in [4.69, 9.17) is 0 Å². The van der Waals surface area contributed by atoms with Gasteiger partial charge in [0.2, 0.25) is 5.91 Å². The summed E-state index contributed by atoms with van der Waals surface area (Å²) in [6, 6.07) is 9.65. The molecule has 0 saturated heterocycles. The summed E-state index contributed by atoms with van der Waals surface area (Å²) in [5.41, 5.74) is 6.52. The van der Waals surface area contributed by atoms with Crippen LogP contribution in [0.3, 0.4) is 0 Å². The standard InChI is InChI=1S/C12H14BrN3OS/c13-7-10-8-14-12(18-10)16-15-11(17)6-9-4-2-1-3-5-9/h1-5,10H,6-8H2,(H,14,16)(H,15,17). The summed E-state index contributed by atoms with van der Waals surface area (Å²) in [7, 11) is 0. The molecular formula is C12H14BrN3OS. The summed E-state index contributed by atoms with van der Waals surface area (Å²) >= 11 is 5.05. The van der Waals surface area contributed by atoms with Crippen molar-refractivity contribution in [2.75, 3.05) is 11.9 Å². The average molecular weight is 328 g/mol. The fraction of sp³-hybridized carbons (Fsp3) is 0.333. The van der Waals surface area contributed by atoms with Gasteiger partial charge in [0, 0.05) is 10.6 Å². The minimum Gasteiger partial charge on any atom is -0.277 e. The Morgan fingerprint density at radius 1 is 1.44 bits per heavy atom. The SMILES string of the molecule is O=C(Cc1ccccc1)NNC1=NCC(CBr)S1. The molecule has 4 nitrogen and oxygen atoms in total. The maximum atomic E-state index is 11.7. The summed E-state index contributed by atoms with van der Waals surface area (Å²) in [4.78, 5) is 16.0. The van der Waals surface area contributed by atoms with Crippen LogP contribution in [-0.4, -0.2) is 28.2 Å². The van der Waals surface area contributed by atoms with Gasteiger partial charge in [-0.2, -0.15) is 0 Å². The lowest BCUT2D eigenvalue weighted by molar-refractivity contribution is -0.120. The number of aliphatic imine (C=N–C) groups is 1. The van der Waals surface area contributed by atoms with E-state index in [2.05, 4.69) is 31.8 Å². The highest BCUT2D eigenvalue weighted by Gasteiger charge is 2.18. The predicted octanol–water partition coefficient (Wildman–Crippen LogP) is 1.72. The van der Waals surface area contributed by atoms with Crippen LogP contribution in [0.25, 0.3) is 0 Å². The van der Waals surface area contributed by atoms with E-state index in [1.54, 1.807) is 11.8 Å². The molecule has 18 heavy (non-hydrogen) atoms. The molecule has 1 aliphatic rings. The van der Waals surface area contributed by atoms with Crippen LogP contribution in [0.1, 0.15) is 5.56 Å². The van der Waals surface area contributed by atoms with Crippen molar-refractivity contribution in [3.8, 4) is 0 Å². The van der Waals surface area contributed by atoms with Gasteiger partial charge in [-0.15, -0.1) is 0 Å². The second-order valence-electron chi connectivity index (χ2n) is 3.88. The van der Waals surface area contributed by atoms with Gasteiger partial charge in [0.05, 0.1) is 13.0 Å². The van der Waals surface area contributed by atoms with Crippen LogP contribution >= 0.6 is 27.7 Å². The Hall–Kier alpha value is -1.01. The first kappa shape index (κ1) is 13.4. The van der Waals surface area contributed by atoms with Crippen molar-refractivity contribution < 1.29 is 4.79 Å². The highest BCUT2D eigenvalue weighted by atomic mass is 79.9. The fourth-order valence-electron chi connectivity index (χ4n) is 1.52. The molecule has 1 amide bonds. The molecule has 0 bridgehead atoms. The van der Waals surface area contributed by atoms with Gasteiger partial charge in [-0.1, -0.05) is 58.0 Å². The largest absolute Gasteiger partial charge is 0.277 e. The lowest BCUT2D eigenvalue weighted by atomic mass is 10.1. The number of carbonyl (C=O) groups excluding carboxylic acids is 1. The van der Waals surface area contributed by atoms with Gasteiger partial charge >= 0.3 is 0 Å². The minimum atomic E-state index is -0.0632. The molecule has 1 aromatic carbocycles. The Morgan fingerprint density at radius 2 is 2.22 bits per heavy atom. The molecule has 2 rings (SSSR count). The molecule has 1 unspecified atom stereocenters. The first-order valence-electron chi connectivity index (χ1n) is 5.64. The number of benzene rings is 1. The summed E-state index contributed by atoms with van der Waals surface area (Å²) < 4.78 is 0. The van der Waals surface area contributed by atoms with E-state index in [9.17, 15) is 4.79 Å². The number of alkyl halides is 1. The zero-order valence-electron chi connectivity index (χ0n) is 9.73. The van der Waals surface area contributed by atoms with Crippen LogP contribution in [0.15, 0.2) is 35.3 Å². The van der Waals surface area contributed by atoms with Crippen LogP contribution in [-0.2, 0) is 11.2 Å². The summed E-state index contributed by atoms with van der Waals surface area (Å²) in [5, 5.41) is 2.14. The number of nitrogens with one attached hydrogen (secondary N) is 2. The fourth-order valence-corrected chi connectivity index (χ4v) is 2.90. The Kier molecular flexibility index (Phi) is 5.07. The summed E-state index contributed by atoms with van der Waals surface area (Å²) in [6.45, 7) is 0.785. The normalized spacial score (nSPS) is 18.3. The number of amidine groups is 1. The molecule has 1 heterocycles. The number of nitrogens with zero attached hydrogens (tertiary/aromatic N) is 1. The molecule has 0 aliphatic carbocycles. The van der Waals surface area contributed by atoms with E-state index in [1.165, 1.54) is 0 Å². The highest BCUT2D eigenvalue weighted by molar-refractivity contribution is 9.09. The molecule has 1 aromatic rings. The number of hydrazine groups is 1. The first-order chi connectivity index (χ1) is 8.78. The maximum Gasteiger partial charge on any atom is 0.242 e. The molecule has 6 heteroatoms. The van der Waals surface area contributed by atoms with Gasteiger partial charge in [0.15, 0.2) is 5.17 Å². The molecule has 2 N–H and O–H groups in total. The van der Waals surface area contributed by atoms with Crippen LogP contribution < -0.4 is 10.9 Å². The first-order valence-corrected chi connectivity index (χ1v) is 7.64. The van der Waals surface area contributed by atoms with Gasteiger partial charge < -0.3 is 0 Å². The second-order valence-corrected chi connectivity index (χ2v) is 5.81. The van der Waals surface area contributed by atoms with Crippen molar-refractivity contribution in [2.45, 2.75) is 11.7 Å². The number of thioether (sulfide) groups is 1. The molecule has 0 aromatic heterocycles. The number of rotatable bonds is 3. The van der Waals surface area contributed by atoms with Crippen molar-refractivity contribution in [2.24, 2.45) is 4.99 Å². The summed E-state index contributed by atoms with van der Waals surface area (Å²) in [5.74, 6) is -0.0632. The van der Waals surface area contributed by atoms with E-state index in [0.29, 0.717) is 11.7 Å². The Morgan fingerprint density at radius 3 is 2.89 bits per heavy atom. The van der Waals surface area contributed by atoms with Crippen molar-refractivity contribution in [1.29, 1.82) is 0 Å². The van der Waals surface area contributed by atoms with Gasteiger partial charge in [-0.25, -0.2) is 0 Å². The average Bonchev–Trinajstić information content (AvgIpc) is 2.85. The third-order valence-corrected chi connectivity index (χ3v) is 4.72. The molecule has 1 atom stereocenters. The lowest BCUT2D eigenvalue weighted by Crippen LogP contribution is -2.40. The lowest BCUT2D eigenvalue weighted by Gasteiger charge is -2.08. The van der Waals surface area contributed by atoms with Gasteiger partial charge in [0.1, 0.15) is 0 Å². The van der Waals surface area contributed by atoms with E-state index in [1.807, 2.05) is 30.3 Å². The van der Waals surface area contributed by atoms with Crippen molar-refractivity contribution >= 4 is 38.8 Å². The maximum absolute atomic E-state index is 11.7. The Balaban J connectivity index is 1.73. The number of amides is 1. The molecule has 0 saturated carbocycles. The van der Waals surface area contributed by atoms with Crippen LogP contribution in [0, 0.1) is 0 Å². The van der Waals surface area contributed by atoms with Crippen LogP contribution in [0.2, 0.25) is 0 Å². The highest BCUT2D eigenvalue weighted by Crippen LogP contribution is 2.20. The smallest absolute Gasteiger partial charge is 0.242 e. The van der Waals surface area contributed by atoms with Gasteiger partial charge in [-0.3, -0.25) is 20.6 Å². The zero-order valence-corrected chi connectivity index (χ0v) is 12.1. The van der Waals surface area contributed by atoms with Gasteiger partial charge in [-0.05, 0) is 5.56 Å². The van der Waals surface area contributed by atoms with Crippen molar-refractivity contribution in [3.05, 3.63) is 35.9 Å². The second kappa shape index (κ2) is 6.80. The molecule has 0 spiro atoms. The van der Waals surface area contributed by atoms with E-state index < -0.39 is 0 Å². The number of carbonyl (C=O) groups is 1. The number of halogens is 1. The Labute approximate surface area is 119 Å². The molecule has 1 aliphatic heterocycles. The van der Waals surface area contributed by atoms with E-state index in [-0.39, 0.29) is 5.91 Å². The van der Waals surface area contributed by atoms with Crippen LogP contribution in [0.5, 0.6) is 0 Å². The predicted molar refractivity (Wildman–Crippen MR) is 78.9 cm³/mol. The quantitative estimate of drug-likeness (QED) is 0.656. The number of hydrogen-bond acceptors (Lipinski definition) is 4. The monoisotopic (exact) mass is 327 g/mol.